The van der Waals surface area contributed by atoms with E-state index < -0.39 is 0 Å². The molecule has 0 aromatic carbocycles. The molecule has 0 fully saturated rings. The molecule has 0 saturated carbocycles. The van der Waals surface area contributed by atoms with E-state index >= 15 is 0 Å². The summed E-state index contributed by atoms with van der Waals surface area (Å²) in [6.07, 6.45) is 1.30. The van der Waals surface area contributed by atoms with Gasteiger partial charge in [0, 0.05) is 0 Å². The van der Waals surface area contributed by atoms with Crippen molar-refractivity contribution in [3.63, 3.8) is 0 Å². The van der Waals surface area contributed by atoms with Crippen LogP contribution >= 0.6 is 0 Å². The molecule has 0 aromatic heterocycles. The molecule has 2 heteroatoms. The molecule has 0 amide bonds. The smallest absolute Gasteiger partial charge is 0.341 e. The van der Waals surface area contributed by atoms with Gasteiger partial charge in [0.15, 0.2) is 0 Å². The highest BCUT2D eigenvalue weighted by molar-refractivity contribution is 5.98. The summed E-state index contributed by atoms with van der Waals surface area (Å²) < 4.78 is 4.20. The Hall–Kier alpha value is -0.463. The lowest BCUT2D eigenvalue weighted by Crippen LogP contribution is -1.60. The van der Waals surface area contributed by atoms with Gasteiger partial charge in [-0.3, -0.25) is 0 Å². The first-order valence-electron chi connectivity index (χ1n) is 1.08. The first-order valence-corrected chi connectivity index (χ1v) is 1.49. The Morgan fingerprint density at radius 2 is 2.60 bits per heavy atom. The van der Waals surface area contributed by atoms with Crippen LogP contribution in [-0.4, -0.2) is 10.5 Å². The molecule has 0 bridgehead atoms. The van der Waals surface area contributed by atoms with Gasteiger partial charge in [-0.1, -0.05) is 12.3 Å². The second-order valence-electron chi connectivity index (χ2n) is 0.440. The van der Waals surface area contributed by atoms with Gasteiger partial charge in [0.05, 0.1) is 0 Å². The molecular formula is C3H3OSi. The summed E-state index contributed by atoms with van der Waals surface area (Å²) in [6, 6.07) is 0. The average Bonchev–Trinajstić information content (AvgIpc) is 1.41. The normalized spacial score (nSPS) is 5.00. The molecule has 1 nitrogen and oxygen atoms in total. The van der Waals surface area contributed by atoms with Crippen LogP contribution in [0, 0.1) is 0 Å². The minimum atomic E-state index is 1.30. The van der Waals surface area contributed by atoms with Gasteiger partial charge in [-0.15, -0.1) is 0 Å². The fraction of sp³-hybridized carbons (Fsp3) is 0. The van der Waals surface area contributed by atoms with Crippen LogP contribution in [-0.2, 0) is 4.43 Å². The van der Waals surface area contributed by atoms with Crippen LogP contribution in [0.5, 0.6) is 0 Å². The first-order chi connectivity index (χ1) is 2.41. The zero-order valence-corrected chi connectivity index (χ0v) is 3.69. The Morgan fingerprint density at radius 1 is 2.00 bits per heavy atom. The maximum atomic E-state index is 4.20. The van der Waals surface area contributed by atoms with Crippen LogP contribution in [0.2, 0.25) is 0 Å². The van der Waals surface area contributed by atoms with E-state index in [2.05, 4.69) is 27.2 Å². The van der Waals surface area contributed by atoms with Crippen LogP contribution in [0.4, 0.5) is 0 Å². The maximum absolute atomic E-state index is 4.20. The molecule has 0 heterocycles. The van der Waals surface area contributed by atoms with Crippen molar-refractivity contribution in [1.29, 1.82) is 0 Å². The van der Waals surface area contributed by atoms with Crippen LogP contribution in [0.15, 0.2) is 18.6 Å². The van der Waals surface area contributed by atoms with Gasteiger partial charge in [0.25, 0.3) is 0 Å². The van der Waals surface area contributed by atoms with Crippen molar-refractivity contribution in [1.82, 2.24) is 0 Å². The van der Waals surface area contributed by atoms with Crippen molar-refractivity contribution in [2.45, 2.75) is 0 Å². The molecule has 0 rings (SSSR count). The molecule has 0 aromatic rings. The summed E-state index contributed by atoms with van der Waals surface area (Å²) in [5.74, 6) is 0. The largest absolute Gasteiger partial charge is 0.540 e. The zero-order valence-electron chi connectivity index (χ0n) is 2.69. The topological polar surface area (TPSA) is 9.23 Å². The quantitative estimate of drug-likeness (QED) is 0.253. The van der Waals surface area contributed by atoms with Gasteiger partial charge >= 0.3 is 10.5 Å². The highest BCUT2D eigenvalue weighted by Gasteiger charge is 1.45. The van der Waals surface area contributed by atoms with Gasteiger partial charge in [0.1, 0.15) is 6.26 Å². The third-order valence-electron chi connectivity index (χ3n) is 0.142. The fourth-order valence-electron chi connectivity index (χ4n) is 0.0417. The van der Waals surface area contributed by atoms with E-state index in [0.29, 0.717) is 0 Å². The average molecular weight is 83.1 g/mol. The molecule has 0 aliphatic heterocycles. The minimum absolute atomic E-state index is 1.30. The highest BCUT2D eigenvalue weighted by atomic mass is 28.2. The molecule has 0 atom stereocenters. The Labute approximate surface area is 34.5 Å². The Bertz CT molecular complexity index is 53.9. The van der Waals surface area contributed by atoms with Gasteiger partial charge in [-0.2, -0.15) is 0 Å². The Morgan fingerprint density at radius 3 is 2.60 bits per heavy atom. The van der Waals surface area contributed by atoms with Crippen LogP contribution in [0.1, 0.15) is 0 Å². The van der Waals surface area contributed by atoms with Crippen molar-refractivity contribution < 1.29 is 4.43 Å². The summed E-state index contributed by atoms with van der Waals surface area (Å²) in [5, 5.41) is 0. The molecule has 0 saturated heterocycles. The summed E-state index contributed by atoms with van der Waals surface area (Å²) >= 11 is 0. The third kappa shape index (κ3) is 3.54. The van der Waals surface area contributed by atoms with E-state index in [-0.39, 0.29) is 0 Å². The molecular weight excluding hydrogens is 80.1 g/mol. The molecule has 0 spiro atoms. The Kier molecular flexibility index (Phi) is 3.21. The number of rotatable bonds is 1. The minimum Gasteiger partial charge on any atom is -0.540 e. The van der Waals surface area contributed by atoms with E-state index in [1.165, 1.54) is 6.26 Å². The SMILES string of the molecule is C=C=CO[Si]. The van der Waals surface area contributed by atoms with E-state index in [9.17, 15) is 0 Å². The van der Waals surface area contributed by atoms with Crippen molar-refractivity contribution in [3.05, 3.63) is 18.6 Å². The molecule has 25 valence electrons. The summed E-state index contributed by atoms with van der Waals surface area (Å²) in [4.78, 5) is 0. The second kappa shape index (κ2) is 3.54. The standard InChI is InChI=1S/C3H3OSi/c1-2-3-4-5/h3H,1H2. The first kappa shape index (κ1) is 4.54. The molecule has 5 heavy (non-hydrogen) atoms. The number of hydrogen-bond donors (Lipinski definition) is 0. The van der Waals surface area contributed by atoms with Crippen molar-refractivity contribution in [2.75, 3.05) is 0 Å². The zero-order chi connectivity index (χ0) is 4.12. The van der Waals surface area contributed by atoms with Gasteiger partial charge in [0.2, 0.25) is 0 Å². The molecule has 3 radical (unpaired) electrons. The Balaban J connectivity index is 2.93. The fourth-order valence-corrected chi connectivity index (χ4v) is 0.125. The molecule has 0 aliphatic rings. The predicted octanol–water partition coefficient (Wildman–Crippen LogP) is 0.385. The summed E-state index contributed by atoms with van der Waals surface area (Å²) in [5.41, 5.74) is 2.37. The van der Waals surface area contributed by atoms with Gasteiger partial charge < -0.3 is 4.43 Å². The van der Waals surface area contributed by atoms with Gasteiger partial charge in [-0.05, 0) is 0 Å². The number of hydrogen-bond acceptors (Lipinski definition) is 1. The van der Waals surface area contributed by atoms with Crippen LogP contribution in [0.3, 0.4) is 0 Å². The summed E-state index contributed by atoms with van der Waals surface area (Å²) in [7, 11) is 2.69. The highest BCUT2D eigenvalue weighted by Crippen LogP contribution is 1.55. The third-order valence-corrected chi connectivity index (χ3v) is 0.260. The van der Waals surface area contributed by atoms with Crippen LogP contribution < -0.4 is 0 Å². The van der Waals surface area contributed by atoms with E-state index in [1.54, 1.807) is 0 Å². The molecule has 0 unspecified atom stereocenters. The lowest BCUT2D eigenvalue weighted by Gasteiger charge is -1.72. The van der Waals surface area contributed by atoms with Gasteiger partial charge in [-0.25, -0.2) is 0 Å². The van der Waals surface area contributed by atoms with Crippen molar-refractivity contribution in [3.8, 4) is 0 Å². The lowest BCUT2D eigenvalue weighted by molar-refractivity contribution is 0.536. The molecule has 0 aliphatic carbocycles. The van der Waals surface area contributed by atoms with E-state index in [1.807, 2.05) is 0 Å². The monoisotopic (exact) mass is 83.0 g/mol. The maximum Gasteiger partial charge on any atom is 0.341 e. The van der Waals surface area contributed by atoms with Crippen LogP contribution in [0.25, 0.3) is 0 Å². The van der Waals surface area contributed by atoms with Crippen molar-refractivity contribution >= 4 is 10.5 Å². The second-order valence-corrected chi connectivity index (χ2v) is 0.676. The lowest BCUT2D eigenvalue weighted by atomic mass is 11.0. The van der Waals surface area contributed by atoms with E-state index in [0.717, 1.165) is 0 Å². The predicted molar refractivity (Wildman–Crippen MR) is 20.5 cm³/mol. The molecule has 0 N–H and O–H groups in total. The van der Waals surface area contributed by atoms with Crippen molar-refractivity contribution in [2.24, 2.45) is 0 Å². The van der Waals surface area contributed by atoms with E-state index in [4.69, 9.17) is 0 Å². The summed E-state index contributed by atoms with van der Waals surface area (Å²) in [6.45, 7) is 3.21.